The van der Waals surface area contributed by atoms with Crippen molar-refractivity contribution in [3.05, 3.63) is 12.7 Å². The van der Waals surface area contributed by atoms with Crippen molar-refractivity contribution in [1.29, 1.82) is 0 Å². The van der Waals surface area contributed by atoms with Gasteiger partial charge in [0.1, 0.15) is 0 Å². The minimum atomic E-state index is -0.983. The monoisotopic (exact) mass is 202 g/mol. The van der Waals surface area contributed by atoms with E-state index in [4.69, 9.17) is 5.11 Å². The van der Waals surface area contributed by atoms with Crippen LogP contribution in [0.3, 0.4) is 0 Å². The number of carbonyl (C=O) groups is 3. The Kier molecular flexibility index (Phi) is 15.5. The molecule has 0 aliphatic rings. The summed E-state index contributed by atoms with van der Waals surface area (Å²) in [6, 6.07) is 0. The van der Waals surface area contributed by atoms with Crippen molar-refractivity contribution in [3.63, 3.8) is 0 Å². The molecule has 0 fully saturated rings. The molecular formula is C8H12Li2O5. The normalized spacial score (nSPS) is 7.73. The Morgan fingerprint density at radius 3 is 2.13 bits per heavy atom. The summed E-state index contributed by atoms with van der Waals surface area (Å²) in [6.07, 6.45) is 0.844. The third kappa shape index (κ3) is 13.5. The van der Waals surface area contributed by atoms with Crippen molar-refractivity contribution >= 4 is 55.6 Å². The Hall–Kier alpha value is -0.455. The van der Waals surface area contributed by atoms with E-state index < -0.39 is 17.9 Å². The van der Waals surface area contributed by atoms with E-state index in [0.717, 1.165) is 6.08 Å². The fraction of sp³-hybridized carbons (Fsp3) is 0.375. The summed E-state index contributed by atoms with van der Waals surface area (Å²) in [5, 5.41) is 8.22. The first-order valence-electron chi connectivity index (χ1n) is 3.65. The average molecular weight is 202 g/mol. The zero-order valence-corrected chi connectivity index (χ0v) is 6.99. The van der Waals surface area contributed by atoms with Crippen LogP contribution in [0.2, 0.25) is 0 Å². The molecule has 0 saturated heterocycles. The molecule has 76 valence electrons. The average Bonchev–Trinajstić information content (AvgIpc) is 2.03. The van der Waals surface area contributed by atoms with E-state index in [1.54, 1.807) is 0 Å². The van der Waals surface area contributed by atoms with Crippen LogP contribution < -0.4 is 0 Å². The second kappa shape index (κ2) is 11.6. The fourth-order valence-electron chi connectivity index (χ4n) is 0.589. The van der Waals surface area contributed by atoms with Crippen LogP contribution in [0.5, 0.6) is 0 Å². The van der Waals surface area contributed by atoms with E-state index in [1.165, 1.54) is 0 Å². The molecule has 0 aromatic carbocycles. The van der Waals surface area contributed by atoms with Gasteiger partial charge in [0, 0.05) is 18.9 Å². The Morgan fingerprint density at radius 1 is 1.20 bits per heavy atom. The van der Waals surface area contributed by atoms with E-state index >= 15 is 0 Å². The molecule has 5 nitrogen and oxygen atoms in total. The molecule has 0 radical (unpaired) electrons. The molecule has 0 aromatic heterocycles. The number of aliphatic carboxylic acids is 1. The van der Waals surface area contributed by atoms with Crippen molar-refractivity contribution in [2.75, 3.05) is 0 Å². The molecule has 0 unspecified atom stereocenters. The van der Waals surface area contributed by atoms with Crippen molar-refractivity contribution in [2.24, 2.45) is 0 Å². The number of ether oxygens (including phenoxy) is 1. The topological polar surface area (TPSA) is 80.7 Å². The molecule has 0 amide bonds. The van der Waals surface area contributed by atoms with E-state index in [-0.39, 0.29) is 57.0 Å². The maximum absolute atomic E-state index is 10.7. The first kappa shape index (κ1) is 20.0. The van der Waals surface area contributed by atoms with Crippen LogP contribution in [-0.2, 0) is 19.1 Å². The molecular weight excluding hydrogens is 190 g/mol. The van der Waals surface area contributed by atoms with Crippen LogP contribution in [0.25, 0.3) is 0 Å². The molecule has 0 heterocycles. The summed E-state index contributed by atoms with van der Waals surface area (Å²) < 4.78 is 4.19. The Balaban J connectivity index is -0.000000720. The first-order valence-corrected chi connectivity index (χ1v) is 3.65. The van der Waals surface area contributed by atoms with E-state index in [1.807, 2.05) is 0 Å². The van der Waals surface area contributed by atoms with Gasteiger partial charge in [-0.25, -0.2) is 4.79 Å². The molecule has 0 rings (SSSR count). The maximum atomic E-state index is 10.7. The Bertz CT molecular complexity index is 239. The molecule has 15 heavy (non-hydrogen) atoms. The van der Waals surface area contributed by atoms with Crippen molar-refractivity contribution in [2.45, 2.75) is 19.3 Å². The molecule has 0 atom stereocenters. The number of hydrogen-bond acceptors (Lipinski definition) is 4. The third-order valence-electron chi connectivity index (χ3n) is 1.15. The van der Waals surface area contributed by atoms with Crippen LogP contribution in [0, 0.1) is 0 Å². The number of carboxylic acid groups (broad SMARTS) is 1. The number of carbonyl (C=O) groups excluding carboxylic acids is 2. The third-order valence-corrected chi connectivity index (χ3v) is 1.15. The molecule has 0 spiro atoms. The van der Waals surface area contributed by atoms with Gasteiger partial charge in [-0.1, -0.05) is 6.58 Å². The minimum absolute atomic E-state index is 0. The van der Waals surface area contributed by atoms with Gasteiger partial charge < -0.3 is 9.84 Å². The number of esters is 2. The van der Waals surface area contributed by atoms with Gasteiger partial charge in [0.15, 0.2) is 0 Å². The Labute approximate surface area is 112 Å². The predicted molar refractivity (Wildman–Crippen MR) is 57.1 cm³/mol. The van der Waals surface area contributed by atoms with Crippen LogP contribution in [0.15, 0.2) is 12.7 Å². The summed E-state index contributed by atoms with van der Waals surface area (Å²) in [4.78, 5) is 31.2. The van der Waals surface area contributed by atoms with Crippen LogP contribution in [-0.4, -0.2) is 60.7 Å². The number of carboxylic acids is 1. The van der Waals surface area contributed by atoms with E-state index in [0.29, 0.717) is 0 Å². The molecule has 0 aromatic rings. The summed E-state index contributed by atoms with van der Waals surface area (Å²) in [7, 11) is 0. The molecule has 0 aliphatic heterocycles. The molecule has 7 heteroatoms. The standard InChI is InChI=1S/C8H10O5.2Li.2H/c1-2-7(11)13-8(12)5-3-4-6(9)10;;;;/h2H,1,3-5H2,(H,9,10);;;;. The van der Waals surface area contributed by atoms with E-state index in [9.17, 15) is 14.4 Å². The van der Waals surface area contributed by atoms with Gasteiger partial charge in [0.05, 0.1) is 0 Å². The van der Waals surface area contributed by atoms with Gasteiger partial charge >= 0.3 is 55.6 Å². The summed E-state index contributed by atoms with van der Waals surface area (Å²) >= 11 is 0. The van der Waals surface area contributed by atoms with Gasteiger partial charge in [0.2, 0.25) is 0 Å². The Morgan fingerprint density at radius 2 is 1.73 bits per heavy atom. The predicted octanol–water partition coefficient (Wildman–Crippen LogP) is -0.800. The van der Waals surface area contributed by atoms with Gasteiger partial charge in [0.25, 0.3) is 0 Å². The first-order chi connectivity index (χ1) is 6.06. The SMILES string of the molecule is C=CC(=O)OC(=O)CCCC(=O)O.[LiH].[LiH]. The van der Waals surface area contributed by atoms with Crippen LogP contribution in [0.1, 0.15) is 19.3 Å². The molecule has 0 aliphatic carbocycles. The zero-order valence-electron chi connectivity index (χ0n) is 6.99. The quantitative estimate of drug-likeness (QED) is 0.273. The molecule has 0 bridgehead atoms. The zero-order chi connectivity index (χ0) is 10.3. The molecule has 0 saturated carbocycles. The summed E-state index contributed by atoms with van der Waals surface area (Å²) in [5.74, 6) is -2.53. The number of hydrogen-bond donors (Lipinski definition) is 1. The molecule has 1 N–H and O–H groups in total. The summed E-state index contributed by atoms with van der Waals surface area (Å²) in [6.45, 7) is 3.10. The summed E-state index contributed by atoms with van der Waals surface area (Å²) in [5.41, 5.74) is 0. The second-order valence-corrected chi connectivity index (χ2v) is 2.24. The second-order valence-electron chi connectivity index (χ2n) is 2.24. The fourth-order valence-corrected chi connectivity index (χ4v) is 0.589. The van der Waals surface area contributed by atoms with Gasteiger partial charge in [-0.2, -0.15) is 0 Å². The van der Waals surface area contributed by atoms with Crippen molar-refractivity contribution in [3.8, 4) is 0 Å². The van der Waals surface area contributed by atoms with E-state index in [2.05, 4.69) is 11.3 Å². The van der Waals surface area contributed by atoms with Gasteiger partial charge in [-0.05, 0) is 6.42 Å². The van der Waals surface area contributed by atoms with Gasteiger partial charge in [-0.3, -0.25) is 9.59 Å². The number of rotatable bonds is 5. The van der Waals surface area contributed by atoms with Gasteiger partial charge in [-0.15, -0.1) is 0 Å². The van der Waals surface area contributed by atoms with Crippen LogP contribution in [0.4, 0.5) is 0 Å². The van der Waals surface area contributed by atoms with Crippen molar-refractivity contribution in [1.82, 2.24) is 0 Å². The van der Waals surface area contributed by atoms with Crippen LogP contribution >= 0.6 is 0 Å². The van der Waals surface area contributed by atoms with Crippen molar-refractivity contribution < 1.29 is 24.2 Å².